The second-order valence-corrected chi connectivity index (χ2v) is 6.17. The van der Waals surface area contributed by atoms with Crippen LogP contribution in [-0.2, 0) is 11.3 Å². The summed E-state index contributed by atoms with van der Waals surface area (Å²) in [7, 11) is 1.77. The molecule has 0 saturated carbocycles. The molecule has 0 fully saturated rings. The zero-order valence-corrected chi connectivity index (χ0v) is 13.2. The van der Waals surface area contributed by atoms with E-state index in [1.165, 1.54) is 0 Å². The second-order valence-electron chi connectivity index (χ2n) is 6.17. The Hall–Kier alpha value is -2.04. The zero-order chi connectivity index (χ0) is 15.5. The van der Waals surface area contributed by atoms with Crippen LogP contribution in [0, 0.1) is 0 Å². The monoisotopic (exact) mass is 289 g/mol. The first kappa shape index (κ1) is 15.4. The Morgan fingerprint density at radius 2 is 2.14 bits per heavy atom. The van der Waals surface area contributed by atoms with E-state index in [4.69, 9.17) is 4.74 Å². The molecule has 1 amide bonds. The van der Waals surface area contributed by atoms with Crippen LogP contribution in [0.4, 0.5) is 4.79 Å². The number of aryl methyl sites for hydroxylation is 1. The molecule has 2 heterocycles. The molecule has 0 unspecified atom stereocenters. The van der Waals surface area contributed by atoms with Crippen LogP contribution in [-0.4, -0.2) is 39.7 Å². The minimum Gasteiger partial charge on any atom is -0.444 e. The van der Waals surface area contributed by atoms with Crippen LogP contribution < -0.4 is 0 Å². The fourth-order valence-electron chi connectivity index (χ4n) is 2.13. The number of pyridine rings is 1. The number of nitrogens with zero attached hydrogens (tertiary/aromatic N) is 3. The predicted octanol–water partition coefficient (Wildman–Crippen LogP) is 3.29. The lowest BCUT2D eigenvalue weighted by Crippen LogP contribution is -2.35. The highest BCUT2D eigenvalue weighted by molar-refractivity contribution is 5.75. The average Bonchev–Trinajstić information content (AvgIpc) is 2.80. The summed E-state index contributed by atoms with van der Waals surface area (Å²) in [6.07, 6.45) is 4.42. The molecule has 2 aromatic heterocycles. The molecular weight excluding hydrogens is 266 g/mol. The number of aromatic nitrogens is 2. The van der Waals surface area contributed by atoms with Gasteiger partial charge in [-0.3, -0.25) is 4.98 Å². The third kappa shape index (κ3) is 4.21. The van der Waals surface area contributed by atoms with Crippen LogP contribution in [0.3, 0.4) is 0 Å². The Balaban J connectivity index is 1.85. The summed E-state index contributed by atoms with van der Waals surface area (Å²) in [5.74, 6) is 0. The van der Waals surface area contributed by atoms with Gasteiger partial charge >= 0.3 is 6.09 Å². The van der Waals surface area contributed by atoms with E-state index in [0.717, 1.165) is 24.0 Å². The molecule has 5 nitrogen and oxygen atoms in total. The molecule has 114 valence electrons. The molecule has 0 aliphatic rings. The summed E-state index contributed by atoms with van der Waals surface area (Å²) < 4.78 is 7.49. The predicted molar refractivity (Wildman–Crippen MR) is 83.2 cm³/mol. The number of hydrogen-bond acceptors (Lipinski definition) is 3. The van der Waals surface area contributed by atoms with Crippen molar-refractivity contribution in [2.45, 2.75) is 39.3 Å². The Morgan fingerprint density at radius 3 is 2.86 bits per heavy atom. The summed E-state index contributed by atoms with van der Waals surface area (Å²) >= 11 is 0. The number of carbonyl (C=O) groups excluding carboxylic acids is 1. The Morgan fingerprint density at radius 1 is 1.38 bits per heavy atom. The first-order valence-electron chi connectivity index (χ1n) is 7.21. The smallest absolute Gasteiger partial charge is 0.410 e. The van der Waals surface area contributed by atoms with E-state index < -0.39 is 5.60 Å². The number of fused-ring (bicyclic) bond motifs is 1. The van der Waals surface area contributed by atoms with Gasteiger partial charge < -0.3 is 14.2 Å². The largest absolute Gasteiger partial charge is 0.444 e. The Labute approximate surface area is 125 Å². The maximum Gasteiger partial charge on any atom is 0.410 e. The van der Waals surface area contributed by atoms with Crippen LogP contribution in [0.5, 0.6) is 0 Å². The van der Waals surface area contributed by atoms with E-state index in [9.17, 15) is 4.79 Å². The van der Waals surface area contributed by atoms with Gasteiger partial charge in [-0.25, -0.2) is 4.79 Å². The number of ether oxygens (including phenoxy) is 1. The summed E-state index contributed by atoms with van der Waals surface area (Å²) in [4.78, 5) is 17.8. The third-order valence-electron chi connectivity index (χ3n) is 3.14. The van der Waals surface area contributed by atoms with Crippen molar-refractivity contribution >= 4 is 17.1 Å². The summed E-state index contributed by atoms with van der Waals surface area (Å²) in [5.41, 5.74) is 1.67. The van der Waals surface area contributed by atoms with Gasteiger partial charge in [-0.15, -0.1) is 0 Å². The van der Waals surface area contributed by atoms with E-state index in [1.54, 1.807) is 18.1 Å². The van der Waals surface area contributed by atoms with Crippen molar-refractivity contribution in [2.75, 3.05) is 13.6 Å². The molecular formula is C16H23N3O2. The highest BCUT2D eigenvalue weighted by Crippen LogP contribution is 2.13. The van der Waals surface area contributed by atoms with Gasteiger partial charge in [0, 0.05) is 32.5 Å². The summed E-state index contributed by atoms with van der Waals surface area (Å²) in [6, 6.07) is 6.00. The summed E-state index contributed by atoms with van der Waals surface area (Å²) in [5, 5.41) is 0. The minimum absolute atomic E-state index is 0.276. The fourth-order valence-corrected chi connectivity index (χ4v) is 2.13. The van der Waals surface area contributed by atoms with Gasteiger partial charge in [0.15, 0.2) is 0 Å². The van der Waals surface area contributed by atoms with Crippen molar-refractivity contribution in [1.29, 1.82) is 0 Å². The van der Waals surface area contributed by atoms with Crippen LogP contribution >= 0.6 is 0 Å². The van der Waals surface area contributed by atoms with Gasteiger partial charge in [-0.2, -0.15) is 0 Å². The van der Waals surface area contributed by atoms with Crippen LogP contribution in [0.1, 0.15) is 27.2 Å². The normalized spacial score (nSPS) is 11.6. The quantitative estimate of drug-likeness (QED) is 0.867. The zero-order valence-electron chi connectivity index (χ0n) is 13.2. The molecule has 0 spiro atoms. The SMILES string of the molecule is CN(CCCn1ccc2ncccc21)C(=O)OC(C)(C)C. The van der Waals surface area contributed by atoms with Gasteiger partial charge in [0.1, 0.15) is 5.60 Å². The van der Waals surface area contributed by atoms with Crippen molar-refractivity contribution in [3.8, 4) is 0 Å². The second kappa shape index (κ2) is 6.16. The highest BCUT2D eigenvalue weighted by Gasteiger charge is 2.19. The maximum absolute atomic E-state index is 11.9. The lowest BCUT2D eigenvalue weighted by molar-refractivity contribution is 0.0295. The van der Waals surface area contributed by atoms with Gasteiger partial charge in [0.2, 0.25) is 0 Å². The third-order valence-corrected chi connectivity index (χ3v) is 3.14. The van der Waals surface area contributed by atoms with Gasteiger partial charge in [0.25, 0.3) is 0 Å². The maximum atomic E-state index is 11.9. The topological polar surface area (TPSA) is 47.4 Å². The standard InChI is InChI=1S/C16H23N3O2/c1-16(2,3)21-15(20)18(4)10-6-11-19-12-8-13-14(19)7-5-9-17-13/h5,7-9,12H,6,10-11H2,1-4H3. The minimum atomic E-state index is -0.451. The molecule has 0 atom stereocenters. The van der Waals surface area contributed by atoms with Crippen molar-refractivity contribution in [3.05, 3.63) is 30.6 Å². The fraction of sp³-hybridized carbons (Fsp3) is 0.500. The molecule has 0 radical (unpaired) electrons. The molecule has 2 rings (SSSR count). The molecule has 0 aromatic carbocycles. The van der Waals surface area contributed by atoms with Crippen LogP contribution in [0.25, 0.3) is 11.0 Å². The molecule has 0 aliphatic heterocycles. The lowest BCUT2D eigenvalue weighted by Gasteiger charge is -2.24. The van der Waals surface area contributed by atoms with Crippen molar-refractivity contribution in [1.82, 2.24) is 14.5 Å². The molecule has 5 heteroatoms. The molecule has 0 aliphatic carbocycles. The van der Waals surface area contributed by atoms with Gasteiger partial charge in [-0.1, -0.05) is 0 Å². The first-order chi connectivity index (χ1) is 9.87. The van der Waals surface area contributed by atoms with Crippen LogP contribution in [0.2, 0.25) is 0 Å². The molecule has 21 heavy (non-hydrogen) atoms. The highest BCUT2D eigenvalue weighted by atomic mass is 16.6. The first-order valence-corrected chi connectivity index (χ1v) is 7.21. The van der Waals surface area contributed by atoms with Gasteiger partial charge in [0.05, 0.1) is 11.0 Å². The van der Waals surface area contributed by atoms with Crippen LogP contribution in [0.15, 0.2) is 30.6 Å². The lowest BCUT2D eigenvalue weighted by atomic mass is 10.2. The molecule has 2 aromatic rings. The average molecular weight is 289 g/mol. The number of carbonyl (C=O) groups is 1. The molecule has 0 N–H and O–H groups in total. The van der Waals surface area contributed by atoms with Crippen molar-refractivity contribution < 1.29 is 9.53 Å². The summed E-state index contributed by atoms with van der Waals surface area (Å²) in [6.45, 7) is 7.13. The van der Waals surface area contributed by atoms with Crippen molar-refractivity contribution in [2.24, 2.45) is 0 Å². The molecule has 0 bridgehead atoms. The molecule has 0 saturated heterocycles. The van der Waals surface area contributed by atoms with Crippen molar-refractivity contribution in [3.63, 3.8) is 0 Å². The number of rotatable bonds is 4. The van der Waals surface area contributed by atoms with E-state index in [1.807, 2.05) is 39.1 Å². The van der Waals surface area contributed by atoms with E-state index in [0.29, 0.717) is 6.54 Å². The van der Waals surface area contributed by atoms with E-state index >= 15 is 0 Å². The van der Waals surface area contributed by atoms with E-state index in [2.05, 4.69) is 15.6 Å². The Kier molecular flexibility index (Phi) is 4.50. The number of hydrogen-bond donors (Lipinski definition) is 0. The van der Waals surface area contributed by atoms with E-state index in [-0.39, 0.29) is 6.09 Å². The van der Waals surface area contributed by atoms with Gasteiger partial charge in [-0.05, 0) is 45.4 Å². The Bertz CT molecular complexity index is 613. The number of amides is 1.